The Labute approximate surface area is 121 Å². The van der Waals surface area contributed by atoms with Crippen LogP contribution < -0.4 is 5.32 Å². The van der Waals surface area contributed by atoms with Gasteiger partial charge in [0.05, 0.1) is 12.7 Å². The molecule has 110 valence electrons. The van der Waals surface area contributed by atoms with Gasteiger partial charge in [-0.15, -0.1) is 0 Å². The molecule has 1 aliphatic heterocycles. The SMILES string of the molecule is CC1(C)C(N[C@@H](CO)Cc2ccccc2)C2CCOC21. The van der Waals surface area contributed by atoms with Crippen LogP contribution in [0.15, 0.2) is 30.3 Å². The van der Waals surface area contributed by atoms with Crippen molar-refractivity contribution in [1.82, 2.24) is 5.32 Å². The molecule has 1 aromatic carbocycles. The van der Waals surface area contributed by atoms with E-state index in [1.165, 1.54) is 5.56 Å². The highest BCUT2D eigenvalue weighted by Crippen LogP contribution is 2.52. The lowest BCUT2D eigenvalue weighted by atomic mass is 9.57. The van der Waals surface area contributed by atoms with E-state index >= 15 is 0 Å². The van der Waals surface area contributed by atoms with Gasteiger partial charge in [-0.3, -0.25) is 0 Å². The van der Waals surface area contributed by atoms with Gasteiger partial charge >= 0.3 is 0 Å². The maximum atomic E-state index is 9.67. The molecule has 3 heteroatoms. The van der Waals surface area contributed by atoms with Crippen LogP contribution in [-0.4, -0.2) is 36.5 Å². The predicted octanol–water partition coefficient (Wildman–Crippen LogP) is 1.99. The Morgan fingerprint density at radius 2 is 2.10 bits per heavy atom. The van der Waals surface area contributed by atoms with Gasteiger partial charge in [-0.2, -0.15) is 0 Å². The fraction of sp³-hybridized carbons (Fsp3) is 0.647. The lowest BCUT2D eigenvalue weighted by Crippen LogP contribution is -2.67. The van der Waals surface area contributed by atoms with Gasteiger partial charge in [0.15, 0.2) is 0 Å². The van der Waals surface area contributed by atoms with Crippen LogP contribution >= 0.6 is 0 Å². The topological polar surface area (TPSA) is 41.5 Å². The second-order valence-electron chi connectivity index (χ2n) is 6.78. The molecule has 0 bridgehead atoms. The summed E-state index contributed by atoms with van der Waals surface area (Å²) >= 11 is 0. The van der Waals surface area contributed by atoms with Crippen molar-refractivity contribution < 1.29 is 9.84 Å². The molecule has 2 N–H and O–H groups in total. The van der Waals surface area contributed by atoms with Gasteiger partial charge in [-0.05, 0) is 18.4 Å². The third-order valence-electron chi connectivity index (χ3n) is 5.06. The molecule has 3 rings (SSSR count). The van der Waals surface area contributed by atoms with Crippen LogP contribution in [0.5, 0.6) is 0 Å². The summed E-state index contributed by atoms with van der Waals surface area (Å²) in [5, 5.41) is 13.4. The molecule has 0 spiro atoms. The molecule has 1 saturated heterocycles. The summed E-state index contributed by atoms with van der Waals surface area (Å²) in [7, 11) is 0. The van der Waals surface area contributed by atoms with E-state index in [0.29, 0.717) is 18.1 Å². The van der Waals surface area contributed by atoms with E-state index in [4.69, 9.17) is 4.74 Å². The molecule has 4 atom stereocenters. The van der Waals surface area contributed by atoms with Crippen LogP contribution in [0, 0.1) is 11.3 Å². The van der Waals surface area contributed by atoms with E-state index in [0.717, 1.165) is 19.4 Å². The Hall–Kier alpha value is -0.900. The van der Waals surface area contributed by atoms with Crippen molar-refractivity contribution in [3.05, 3.63) is 35.9 Å². The summed E-state index contributed by atoms with van der Waals surface area (Å²) in [5.74, 6) is 0.620. The van der Waals surface area contributed by atoms with Crippen LogP contribution in [0.1, 0.15) is 25.8 Å². The Kier molecular flexibility index (Phi) is 3.85. The van der Waals surface area contributed by atoms with Crippen molar-refractivity contribution >= 4 is 0 Å². The van der Waals surface area contributed by atoms with Crippen LogP contribution in [0.4, 0.5) is 0 Å². The summed E-state index contributed by atoms with van der Waals surface area (Å²) < 4.78 is 5.83. The Balaban J connectivity index is 1.63. The van der Waals surface area contributed by atoms with Gasteiger partial charge in [0.1, 0.15) is 0 Å². The highest BCUT2D eigenvalue weighted by Gasteiger charge is 2.59. The van der Waals surface area contributed by atoms with E-state index in [-0.39, 0.29) is 18.1 Å². The standard InChI is InChI=1S/C17H25NO2/c1-17(2)15(14-8-9-20-16(14)17)18-13(11-19)10-12-6-4-3-5-7-12/h3-7,13-16,18-19H,8-11H2,1-2H3/t13-,14?,15?,16?/m1/s1. The molecule has 20 heavy (non-hydrogen) atoms. The van der Waals surface area contributed by atoms with E-state index in [2.05, 4.69) is 43.4 Å². The lowest BCUT2D eigenvalue weighted by Gasteiger charge is -2.55. The number of hydrogen-bond donors (Lipinski definition) is 2. The maximum absolute atomic E-state index is 9.67. The number of aliphatic hydroxyl groups is 1. The largest absolute Gasteiger partial charge is 0.395 e. The van der Waals surface area contributed by atoms with Crippen molar-refractivity contribution in [3.8, 4) is 0 Å². The van der Waals surface area contributed by atoms with Crippen molar-refractivity contribution in [2.45, 2.75) is 44.9 Å². The number of rotatable bonds is 5. The second kappa shape index (κ2) is 5.47. The number of benzene rings is 1. The molecule has 2 fully saturated rings. The molecule has 1 saturated carbocycles. The quantitative estimate of drug-likeness (QED) is 0.863. The third kappa shape index (κ3) is 2.39. The van der Waals surface area contributed by atoms with E-state index in [1.807, 2.05) is 6.07 Å². The summed E-state index contributed by atoms with van der Waals surface area (Å²) in [5.41, 5.74) is 1.45. The Bertz CT molecular complexity index is 446. The predicted molar refractivity (Wildman–Crippen MR) is 79.6 cm³/mol. The monoisotopic (exact) mass is 275 g/mol. The molecular formula is C17H25NO2. The molecule has 1 aromatic rings. The van der Waals surface area contributed by atoms with Crippen molar-refractivity contribution in [2.75, 3.05) is 13.2 Å². The molecular weight excluding hydrogens is 250 g/mol. The first kappa shape index (κ1) is 14.1. The average Bonchev–Trinajstić information content (AvgIpc) is 2.91. The van der Waals surface area contributed by atoms with Crippen LogP contribution in [0.3, 0.4) is 0 Å². The smallest absolute Gasteiger partial charge is 0.0685 e. The fourth-order valence-electron chi connectivity index (χ4n) is 3.99. The fourth-order valence-corrected chi connectivity index (χ4v) is 3.99. The first-order valence-electron chi connectivity index (χ1n) is 7.65. The number of ether oxygens (including phenoxy) is 1. The molecule has 1 aliphatic carbocycles. The number of hydrogen-bond acceptors (Lipinski definition) is 3. The molecule has 2 aliphatic rings. The van der Waals surface area contributed by atoms with Gasteiger partial charge in [0.2, 0.25) is 0 Å². The van der Waals surface area contributed by atoms with Gasteiger partial charge in [0, 0.05) is 30.0 Å². The third-order valence-corrected chi connectivity index (χ3v) is 5.06. The zero-order chi connectivity index (χ0) is 14.2. The summed E-state index contributed by atoms with van der Waals surface area (Å²) in [6, 6.07) is 11.0. The second-order valence-corrected chi connectivity index (χ2v) is 6.78. The molecule has 0 radical (unpaired) electrons. The molecule has 3 nitrogen and oxygen atoms in total. The highest BCUT2D eigenvalue weighted by molar-refractivity contribution is 5.17. The van der Waals surface area contributed by atoms with Crippen LogP contribution in [0.2, 0.25) is 0 Å². The summed E-state index contributed by atoms with van der Waals surface area (Å²) in [6.45, 7) is 5.61. The first-order chi connectivity index (χ1) is 9.63. The Morgan fingerprint density at radius 1 is 1.35 bits per heavy atom. The van der Waals surface area contributed by atoms with Crippen LogP contribution in [0.25, 0.3) is 0 Å². The molecule has 0 amide bonds. The zero-order valence-corrected chi connectivity index (χ0v) is 12.4. The van der Waals surface area contributed by atoms with E-state index in [1.54, 1.807) is 0 Å². The number of fused-ring (bicyclic) bond motifs is 1. The first-order valence-corrected chi connectivity index (χ1v) is 7.65. The normalized spacial score (nSPS) is 32.5. The highest BCUT2D eigenvalue weighted by atomic mass is 16.5. The minimum absolute atomic E-state index is 0.128. The van der Waals surface area contributed by atoms with Gasteiger partial charge in [-0.25, -0.2) is 0 Å². The minimum atomic E-state index is 0.128. The number of nitrogens with one attached hydrogen (secondary N) is 1. The van der Waals surface area contributed by atoms with E-state index < -0.39 is 0 Å². The van der Waals surface area contributed by atoms with Crippen LogP contribution in [-0.2, 0) is 11.2 Å². The Morgan fingerprint density at radius 3 is 2.80 bits per heavy atom. The van der Waals surface area contributed by atoms with Gasteiger partial charge in [-0.1, -0.05) is 44.2 Å². The maximum Gasteiger partial charge on any atom is 0.0685 e. The number of aliphatic hydroxyl groups excluding tert-OH is 1. The van der Waals surface area contributed by atoms with Crippen molar-refractivity contribution in [1.29, 1.82) is 0 Å². The van der Waals surface area contributed by atoms with E-state index in [9.17, 15) is 5.11 Å². The van der Waals surface area contributed by atoms with Crippen molar-refractivity contribution in [3.63, 3.8) is 0 Å². The minimum Gasteiger partial charge on any atom is -0.395 e. The average molecular weight is 275 g/mol. The lowest BCUT2D eigenvalue weighted by molar-refractivity contribution is -0.116. The molecule has 0 aromatic heterocycles. The van der Waals surface area contributed by atoms with Gasteiger partial charge in [0.25, 0.3) is 0 Å². The summed E-state index contributed by atoms with van der Waals surface area (Å²) in [4.78, 5) is 0. The van der Waals surface area contributed by atoms with Crippen molar-refractivity contribution in [2.24, 2.45) is 11.3 Å². The molecule has 1 heterocycles. The zero-order valence-electron chi connectivity index (χ0n) is 12.4. The summed E-state index contributed by atoms with van der Waals surface area (Å²) in [6.07, 6.45) is 2.42. The molecule has 3 unspecified atom stereocenters. The van der Waals surface area contributed by atoms with Gasteiger partial charge < -0.3 is 15.2 Å².